The molecule has 310 valence electrons. The summed E-state index contributed by atoms with van der Waals surface area (Å²) in [5, 5.41) is 15.4. The Morgan fingerprint density at radius 1 is 0.759 bits per heavy atom. The molecule has 0 aromatic heterocycles. The number of rotatable bonds is 19. The number of sulfonamides is 1. The zero-order valence-electron chi connectivity index (χ0n) is 33.8. The van der Waals surface area contributed by atoms with Crippen molar-refractivity contribution >= 4 is 50.9 Å². The van der Waals surface area contributed by atoms with Crippen LogP contribution in [0.15, 0.2) is 97.1 Å². The zero-order chi connectivity index (χ0) is 42.6. The fraction of sp³-hybridized carbons (Fsp3) is 0.349. The maximum atomic E-state index is 14.0. The molecule has 4 aromatic carbocycles. The molecular weight excluding hydrogens is 780 g/mol. The average molecular weight is 833 g/mol. The van der Waals surface area contributed by atoms with Gasteiger partial charge in [0.25, 0.3) is 11.8 Å². The van der Waals surface area contributed by atoms with Crippen molar-refractivity contribution in [3.05, 3.63) is 130 Å². The molecule has 58 heavy (non-hydrogen) atoms. The fourth-order valence-corrected chi connectivity index (χ4v) is 6.68. The van der Waals surface area contributed by atoms with Gasteiger partial charge in [0.1, 0.15) is 11.8 Å². The molecule has 0 spiro atoms. The maximum absolute atomic E-state index is 14.0. The Bertz CT molecular complexity index is 2150. The standard InChI is InChI=1S/C43H53ClN6O7S/c1-27(2)39(43(54)46-25-31-16-18-38(57-6)19-17-31)49-40(51)29(4)45-26-36(20-30-12-9-8-10-13-30)48-42(53)34-21-33(23-37(24-34)50(5)58(7,55)56)41(52)47-28(3)32-14-11-15-35(44)22-32/h8-19,21-24,27-29,36,39,45H,20,25-26H2,1-7H3,(H,46,54)(H,47,52)(H,48,53)(H,49,51)/t28-,29+,36+,39+/m1/s1. The third-order valence-electron chi connectivity index (χ3n) is 9.60. The molecule has 13 nitrogen and oxygen atoms in total. The van der Waals surface area contributed by atoms with Crippen molar-refractivity contribution in [1.29, 1.82) is 0 Å². The van der Waals surface area contributed by atoms with E-state index in [1.807, 2.05) is 62.4 Å². The van der Waals surface area contributed by atoms with Crippen LogP contribution in [0, 0.1) is 5.92 Å². The van der Waals surface area contributed by atoms with Crippen molar-refractivity contribution in [2.45, 2.75) is 64.8 Å². The van der Waals surface area contributed by atoms with Gasteiger partial charge in [-0.05, 0) is 85.3 Å². The van der Waals surface area contributed by atoms with E-state index in [0.29, 0.717) is 17.2 Å². The molecule has 0 unspecified atom stereocenters. The third-order valence-corrected chi connectivity index (χ3v) is 11.0. The first-order valence-electron chi connectivity index (χ1n) is 18.9. The van der Waals surface area contributed by atoms with Gasteiger partial charge < -0.3 is 31.3 Å². The summed E-state index contributed by atoms with van der Waals surface area (Å²) in [6.45, 7) is 7.58. The first-order chi connectivity index (χ1) is 27.4. The quantitative estimate of drug-likeness (QED) is 0.0877. The lowest BCUT2D eigenvalue weighted by Gasteiger charge is -2.26. The largest absolute Gasteiger partial charge is 0.497 e. The van der Waals surface area contributed by atoms with Gasteiger partial charge in [-0.2, -0.15) is 0 Å². The number of nitrogens with zero attached hydrogens (tertiary/aromatic N) is 1. The lowest BCUT2D eigenvalue weighted by molar-refractivity contribution is -0.131. The van der Waals surface area contributed by atoms with E-state index in [1.165, 1.54) is 25.2 Å². The van der Waals surface area contributed by atoms with Crippen molar-refractivity contribution in [3.8, 4) is 5.75 Å². The molecule has 0 fully saturated rings. The van der Waals surface area contributed by atoms with Crippen LogP contribution >= 0.6 is 11.6 Å². The molecule has 4 rings (SSSR count). The molecule has 0 heterocycles. The van der Waals surface area contributed by atoms with Gasteiger partial charge in [-0.25, -0.2) is 8.42 Å². The van der Waals surface area contributed by atoms with Crippen LogP contribution < -0.4 is 35.6 Å². The minimum atomic E-state index is -3.76. The number of carbonyl (C=O) groups excluding carboxylic acids is 4. The van der Waals surface area contributed by atoms with Gasteiger partial charge in [-0.3, -0.25) is 23.5 Å². The number of anilines is 1. The van der Waals surface area contributed by atoms with Gasteiger partial charge in [-0.15, -0.1) is 0 Å². The number of carbonyl (C=O) groups is 4. The number of methoxy groups -OCH3 is 1. The lowest BCUT2D eigenvalue weighted by atomic mass is 10.0. The highest BCUT2D eigenvalue weighted by Gasteiger charge is 2.27. The highest BCUT2D eigenvalue weighted by molar-refractivity contribution is 7.92. The van der Waals surface area contributed by atoms with E-state index >= 15 is 0 Å². The van der Waals surface area contributed by atoms with E-state index in [0.717, 1.165) is 27.3 Å². The van der Waals surface area contributed by atoms with E-state index in [9.17, 15) is 27.6 Å². The van der Waals surface area contributed by atoms with Gasteiger partial charge in [0.05, 0.1) is 31.1 Å². The number of nitrogens with one attached hydrogen (secondary N) is 5. The third kappa shape index (κ3) is 13.3. The van der Waals surface area contributed by atoms with Crippen LogP contribution in [0.1, 0.15) is 71.1 Å². The predicted octanol–water partition coefficient (Wildman–Crippen LogP) is 5.01. The number of hydrogen-bond donors (Lipinski definition) is 5. The molecule has 4 amide bonds. The summed E-state index contributed by atoms with van der Waals surface area (Å²) < 4.78 is 31.3. The Morgan fingerprint density at radius 3 is 1.98 bits per heavy atom. The Kier molecular flexibility index (Phi) is 16.3. The number of ether oxygens (including phenoxy) is 1. The molecule has 4 aromatic rings. The Balaban J connectivity index is 1.50. The molecule has 4 atom stereocenters. The molecule has 0 bridgehead atoms. The summed E-state index contributed by atoms with van der Waals surface area (Å²) in [5.41, 5.74) is 2.80. The fourth-order valence-electron chi connectivity index (χ4n) is 5.99. The van der Waals surface area contributed by atoms with Crippen LogP contribution in [0.25, 0.3) is 0 Å². The minimum Gasteiger partial charge on any atom is -0.497 e. The molecular formula is C43H53ClN6O7S. The Hall–Kier alpha value is -5.44. The summed E-state index contributed by atoms with van der Waals surface area (Å²) in [4.78, 5) is 54.2. The molecule has 15 heteroatoms. The predicted molar refractivity (Wildman–Crippen MR) is 227 cm³/mol. The number of benzene rings is 4. The SMILES string of the molecule is COc1ccc(CNC(=O)[C@@H](NC(=O)[C@H](C)NC[C@H](Cc2ccccc2)NC(=O)c2cc(C(=O)N[C@H](C)c3cccc(Cl)c3)cc(N(C)S(C)(=O)=O)c2)C(C)C)cc1. The van der Waals surface area contributed by atoms with Crippen LogP contribution in [0.2, 0.25) is 5.02 Å². The second-order valence-electron chi connectivity index (χ2n) is 14.5. The van der Waals surface area contributed by atoms with E-state index in [-0.39, 0.29) is 41.7 Å². The number of hydrogen-bond acceptors (Lipinski definition) is 8. The summed E-state index contributed by atoms with van der Waals surface area (Å²) in [7, 11) is -0.843. The topological polar surface area (TPSA) is 175 Å². The van der Waals surface area contributed by atoms with Crippen LogP contribution in [0.4, 0.5) is 5.69 Å². The maximum Gasteiger partial charge on any atom is 0.251 e. The first-order valence-corrected chi connectivity index (χ1v) is 21.1. The number of amides is 4. The second kappa shape index (κ2) is 20.8. The van der Waals surface area contributed by atoms with Gasteiger partial charge in [0.2, 0.25) is 21.8 Å². The second-order valence-corrected chi connectivity index (χ2v) is 17.0. The van der Waals surface area contributed by atoms with Gasteiger partial charge in [0, 0.05) is 42.3 Å². The lowest BCUT2D eigenvalue weighted by Crippen LogP contribution is -2.55. The first kappa shape index (κ1) is 45.3. The zero-order valence-corrected chi connectivity index (χ0v) is 35.4. The molecule has 0 aliphatic heterocycles. The van der Waals surface area contributed by atoms with Crippen molar-refractivity contribution in [1.82, 2.24) is 26.6 Å². The molecule has 0 radical (unpaired) electrons. The molecule has 0 saturated carbocycles. The van der Waals surface area contributed by atoms with E-state index < -0.39 is 51.9 Å². The molecule has 5 N–H and O–H groups in total. The summed E-state index contributed by atoms with van der Waals surface area (Å²) in [6, 6.07) is 25.5. The minimum absolute atomic E-state index is 0.0536. The van der Waals surface area contributed by atoms with Crippen LogP contribution in [0.5, 0.6) is 5.75 Å². The van der Waals surface area contributed by atoms with Gasteiger partial charge in [-0.1, -0.05) is 80.0 Å². The molecule has 0 aliphatic rings. The Labute approximate surface area is 346 Å². The summed E-state index contributed by atoms with van der Waals surface area (Å²) in [6.07, 6.45) is 1.40. The van der Waals surface area contributed by atoms with Gasteiger partial charge >= 0.3 is 0 Å². The highest BCUT2D eigenvalue weighted by atomic mass is 35.5. The van der Waals surface area contributed by atoms with Crippen molar-refractivity contribution in [2.24, 2.45) is 5.92 Å². The van der Waals surface area contributed by atoms with Crippen LogP contribution in [-0.4, -0.2) is 77.1 Å². The monoisotopic (exact) mass is 832 g/mol. The van der Waals surface area contributed by atoms with Crippen molar-refractivity contribution in [3.63, 3.8) is 0 Å². The summed E-state index contributed by atoms with van der Waals surface area (Å²) in [5.74, 6) is -1.31. The molecule has 0 saturated heterocycles. The molecule has 0 aliphatic carbocycles. The van der Waals surface area contributed by atoms with Crippen LogP contribution in [-0.2, 0) is 32.6 Å². The van der Waals surface area contributed by atoms with E-state index in [4.69, 9.17) is 16.3 Å². The van der Waals surface area contributed by atoms with Gasteiger partial charge in [0.15, 0.2) is 0 Å². The van der Waals surface area contributed by atoms with E-state index in [2.05, 4.69) is 26.6 Å². The highest BCUT2D eigenvalue weighted by Crippen LogP contribution is 2.23. The smallest absolute Gasteiger partial charge is 0.251 e. The van der Waals surface area contributed by atoms with Crippen LogP contribution in [0.3, 0.4) is 0 Å². The summed E-state index contributed by atoms with van der Waals surface area (Å²) >= 11 is 6.16. The average Bonchev–Trinajstić information content (AvgIpc) is 3.20. The normalized spacial score (nSPS) is 13.4. The Morgan fingerprint density at radius 2 is 1.40 bits per heavy atom. The van der Waals surface area contributed by atoms with E-state index in [1.54, 1.807) is 51.3 Å². The number of halogens is 1. The van der Waals surface area contributed by atoms with Crippen molar-refractivity contribution in [2.75, 3.05) is 31.3 Å². The van der Waals surface area contributed by atoms with Crippen molar-refractivity contribution < 1.29 is 32.3 Å².